The molecule has 1 aliphatic heterocycles. The first-order chi connectivity index (χ1) is 10.3. The SMILES string of the molecule is CCCNC(c1cncc(OCCC)c1)C1CSCCO1. The lowest BCUT2D eigenvalue weighted by molar-refractivity contribution is 0.0466. The minimum absolute atomic E-state index is 0.190. The van der Waals surface area contributed by atoms with E-state index in [1.165, 1.54) is 0 Å². The van der Waals surface area contributed by atoms with E-state index in [4.69, 9.17) is 9.47 Å². The third-order valence-corrected chi connectivity index (χ3v) is 4.41. The summed E-state index contributed by atoms with van der Waals surface area (Å²) in [5.41, 5.74) is 1.16. The standard InChI is InChI=1S/C16H26N2O2S/c1-3-5-18-16(15-12-21-8-7-20-15)13-9-14(11-17-10-13)19-6-4-2/h9-11,15-16,18H,3-8,12H2,1-2H3. The van der Waals surface area contributed by atoms with Gasteiger partial charge in [0.1, 0.15) is 5.75 Å². The molecule has 0 saturated carbocycles. The van der Waals surface area contributed by atoms with Crippen LogP contribution in [-0.4, -0.2) is 42.4 Å². The zero-order valence-electron chi connectivity index (χ0n) is 13.0. The second-order valence-corrected chi connectivity index (χ2v) is 6.37. The van der Waals surface area contributed by atoms with Gasteiger partial charge in [-0.3, -0.25) is 4.98 Å². The zero-order valence-corrected chi connectivity index (χ0v) is 13.8. The molecular weight excluding hydrogens is 284 g/mol. The van der Waals surface area contributed by atoms with Gasteiger partial charge in [-0.1, -0.05) is 13.8 Å². The molecule has 0 radical (unpaired) electrons. The Hall–Kier alpha value is -0.780. The van der Waals surface area contributed by atoms with E-state index < -0.39 is 0 Å². The van der Waals surface area contributed by atoms with Gasteiger partial charge in [0, 0.05) is 17.7 Å². The van der Waals surface area contributed by atoms with Crippen LogP contribution in [0.5, 0.6) is 5.75 Å². The Balaban J connectivity index is 2.10. The fraction of sp³-hybridized carbons (Fsp3) is 0.688. The van der Waals surface area contributed by atoms with Gasteiger partial charge >= 0.3 is 0 Å². The van der Waals surface area contributed by atoms with E-state index in [2.05, 4.69) is 30.2 Å². The summed E-state index contributed by atoms with van der Waals surface area (Å²) < 4.78 is 11.7. The Labute approximate surface area is 132 Å². The van der Waals surface area contributed by atoms with E-state index in [0.717, 1.165) is 55.4 Å². The molecule has 2 rings (SSSR count). The van der Waals surface area contributed by atoms with Gasteiger partial charge in [0.25, 0.3) is 0 Å². The largest absolute Gasteiger partial charge is 0.492 e. The van der Waals surface area contributed by atoms with Crippen LogP contribution in [0.3, 0.4) is 0 Å². The molecule has 1 aliphatic rings. The summed E-state index contributed by atoms with van der Waals surface area (Å²) in [6, 6.07) is 2.29. The second kappa shape index (κ2) is 9.28. The first-order valence-electron chi connectivity index (χ1n) is 7.85. The minimum Gasteiger partial charge on any atom is -0.492 e. The third kappa shape index (κ3) is 5.16. The van der Waals surface area contributed by atoms with E-state index in [1.54, 1.807) is 6.20 Å². The predicted molar refractivity (Wildman–Crippen MR) is 88.1 cm³/mol. The van der Waals surface area contributed by atoms with Crippen LogP contribution in [0.2, 0.25) is 0 Å². The van der Waals surface area contributed by atoms with Crippen LogP contribution in [0.25, 0.3) is 0 Å². The van der Waals surface area contributed by atoms with E-state index in [0.29, 0.717) is 0 Å². The van der Waals surface area contributed by atoms with Crippen LogP contribution in [0.15, 0.2) is 18.5 Å². The highest BCUT2D eigenvalue weighted by atomic mass is 32.2. The van der Waals surface area contributed by atoms with Crippen LogP contribution in [-0.2, 0) is 4.74 Å². The smallest absolute Gasteiger partial charge is 0.137 e. The predicted octanol–water partition coefficient (Wildman–Crippen LogP) is 3.04. The van der Waals surface area contributed by atoms with Crippen molar-refractivity contribution < 1.29 is 9.47 Å². The van der Waals surface area contributed by atoms with Gasteiger partial charge in [0.05, 0.1) is 31.6 Å². The van der Waals surface area contributed by atoms with Gasteiger partial charge in [-0.15, -0.1) is 0 Å². The molecule has 4 nitrogen and oxygen atoms in total. The average Bonchev–Trinajstić information content (AvgIpc) is 2.55. The maximum Gasteiger partial charge on any atom is 0.137 e. The number of hydrogen-bond acceptors (Lipinski definition) is 5. The van der Waals surface area contributed by atoms with Gasteiger partial charge in [-0.25, -0.2) is 0 Å². The molecule has 0 spiro atoms. The fourth-order valence-corrected chi connectivity index (χ4v) is 3.27. The molecule has 1 aromatic rings. The van der Waals surface area contributed by atoms with E-state index in [9.17, 15) is 0 Å². The van der Waals surface area contributed by atoms with Crippen molar-refractivity contribution in [3.05, 3.63) is 24.0 Å². The number of nitrogens with zero attached hydrogens (tertiary/aromatic N) is 1. The van der Waals surface area contributed by atoms with Gasteiger partial charge in [0.15, 0.2) is 0 Å². The van der Waals surface area contributed by atoms with Crippen LogP contribution < -0.4 is 10.1 Å². The molecule has 0 aliphatic carbocycles. The monoisotopic (exact) mass is 310 g/mol. The van der Waals surface area contributed by atoms with Crippen molar-refractivity contribution in [1.29, 1.82) is 0 Å². The molecule has 1 aromatic heterocycles. The highest BCUT2D eigenvalue weighted by molar-refractivity contribution is 7.99. The number of pyridine rings is 1. The Morgan fingerprint density at radius 3 is 3.05 bits per heavy atom. The molecule has 2 heterocycles. The molecule has 2 atom stereocenters. The first kappa shape index (κ1) is 16.6. The topological polar surface area (TPSA) is 43.4 Å². The number of nitrogens with one attached hydrogen (secondary N) is 1. The summed E-state index contributed by atoms with van der Waals surface area (Å²) in [5, 5.41) is 3.60. The Bertz CT molecular complexity index is 411. The summed E-state index contributed by atoms with van der Waals surface area (Å²) in [7, 11) is 0. The van der Waals surface area contributed by atoms with Gasteiger partial charge in [-0.05, 0) is 31.0 Å². The quantitative estimate of drug-likeness (QED) is 0.799. The van der Waals surface area contributed by atoms with Crippen LogP contribution in [0.1, 0.15) is 38.3 Å². The van der Waals surface area contributed by atoms with Crippen molar-refractivity contribution in [2.45, 2.75) is 38.8 Å². The van der Waals surface area contributed by atoms with E-state index in [1.807, 2.05) is 18.0 Å². The molecule has 1 N–H and O–H groups in total. The molecule has 5 heteroatoms. The lowest BCUT2D eigenvalue weighted by Crippen LogP contribution is -2.38. The average molecular weight is 310 g/mol. The number of thioether (sulfide) groups is 1. The molecule has 0 aromatic carbocycles. The molecule has 1 fully saturated rings. The van der Waals surface area contributed by atoms with Crippen LogP contribution in [0, 0.1) is 0 Å². The van der Waals surface area contributed by atoms with Crippen LogP contribution >= 0.6 is 11.8 Å². The van der Waals surface area contributed by atoms with Gasteiger partial charge in [-0.2, -0.15) is 11.8 Å². The zero-order chi connectivity index (χ0) is 14.9. The number of ether oxygens (including phenoxy) is 2. The highest BCUT2D eigenvalue weighted by Gasteiger charge is 2.26. The van der Waals surface area contributed by atoms with Crippen molar-refractivity contribution in [2.24, 2.45) is 0 Å². The van der Waals surface area contributed by atoms with Crippen molar-refractivity contribution >= 4 is 11.8 Å². The second-order valence-electron chi connectivity index (χ2n) is 5.22. The Kier molecular flexibility index (Phi) is 7.33. The van der Waals surface area contributed by atoms with Gasteiger partial charge < -0.3 is 14.8 Å². The summed E-state index contributed by atoms with van der Waals surface area (Å²) in [4.78, 5) is 4.33. The number of hydrogen-bond donors (Lipinski definition) is 1. The summed E-state index contributed by atoms with van der Waals surface area (Å²) >= 11 is 1.96. The highest BCUT2D eigenvalue weighted by Crippen LogP contribution is 2.27. The third-order valence-electron chi connectivity index (χ3n) is 3.39. The maximum absolute atomic E-state index is 5.96. The van der Waals surface area contributed by atoms with Crippen molar-refractivity contribution in [1.82, 2.24) is 10.3 Å². The first-order valence-corrected chi connectivity index (χ1v) is 9.01. The molecule has 0 bridgehead atoms. The molecule has 1 saturated heterocycles. The maximum atomic E-state index is 5.96. The van der Waals surface area contributed by atoms with Crippen LogP contribution in [0.4, 0.5) is 0 Å². The van der Waals surface area contributed by atoms with Gasteiger partial charge in [0.2, 0.25) is 0 Å². The summed E-state index contributed by atoms with van der Waals surface area (Å²) in [6.07, 6.45) is 6.03. The summed E-state index contributed by atoms with van der Waals surface area (Å²) in [5.74, 6) is 2.97. The van der Waals surface area contributed by atoms with E-state index >= 15 is 0 Å². The number of aromatic nitrogens is 1. The summed E-state index contributed by atoms with van der Waals surface area (Å²) in [6.45, 7) is 6.83. The molecule has 21 heavy (non-hydrogen) atoms. The lowest BCUT2D eigenvalue weighted by Gasteiger charge is -2.31. The molecule has 2 unspecified atom stereocenters. The van der Waals surface area contributed by atoms with Crippen molar-refractivity contribution in [3.63, 3.8) is 0 Å². The number of rotatable bonds is 8. The fourth-order valence-electron chi connectivity index (χ4n) is 2.37. The van der Waals surface area contributed by atoms with E-state index in [-0.39, 0.29) is 12.1 Å². The molecule has 0 amide bonds. The van der Waals surface area contributed by atoms with Crippen molar-refractivity contribution in [2.75, 3.05) is 31.3 Å². The van der Waals surface area contributed by atoms with Crippen molar-refractivity contribution in [3.8, 4) is 5.75 Å². The lowest BCUT2D eigenvalue weighted by atomic mass is 10.0. The normalized spacial score (nSPS) is 20.2. The Morgan fingerprint density at radius 2 is 2.33 bits per heavy atom. The Morgan fingerprint density at radius 1 is 1.43 bits per heavy atom. The molecular formula is C16H26N2O2S. The molecule has 118 valence electrons. The minimum atomic E-state index is 0.190.